The lowest BCUT2D eigenvalue weighted by Gasteiger charge is -1.69. The van der Waals surface area contributed by atoms with Crippen LogP contribution in [0.2, 0.25) is 0 Å². The SMILES string of the molecule is CC#N.N#CS.N=C(N)N. The lowest BCUT2D eigenvalue weighted by atomic mass is 11.0. The van der Waals surface area contributed by atoms with Crippen molar-refractivity contribution in [2.45, 2.75) is 6.92 Å². The Bertz CT molecular complexity index is 125. The van der Waals surface area contributed by atoms with Gasteiger partial charge in [0.1, 0.15) is 5.40 Å². The summed E-state index contributed by atoms with van der Waals surface area (Å²) in [5, 5.41) is 22.0. The second kappa shape index (κ2) is 25.5. The summed E-state index contributed by atoms with van der Waals surface area (Å²) in [6, 6.07) is 1.75. The van der Waals surface area contributed by atoms with Crippen molar-refractivity contribution in [2.24, 2.45) is 11.5 Å². The molecule has 0 heterocycles. The van der Waals surface area contributed by atoms with Gasteiger partial charge in [0.2, 0.25) is 0 Å². The zero-order valence-electron chi connectivity index (χ0n) is 5.50. The van der Waals surface area contributed by atoms with E-state index in [0.29, 0.717) is 0 Å². The molecule has 0 fully saturated rings. The maximum Gasteiger partial charge on any atom is 0.183 e. The average molecular weight is 159 g/mol. The van der Waals surface area contributed by atoms with Crippen LogP contribution in [0, 0.1) is 27.4 Å². The molecule has 5 nitrogen and oxygen atoms in total. The Morgan fingerprint density at radius 2 is 1.50 bits per heavy atom. The van der Waals surface area contributed by atoms with E-state index in [1.54, 1.807) is 6.07 Å². The Labute approximate surface area is 65.2 Å². The summed E-state index contributed by atoms with van der Waals surface area (Å²) < 4.78 is 0. The molecular weight excluding hydrogens is 150 g/mol. The van der Waals surface area contributed by atoms with E-state index in [1.165, 1.54) is 12.3 Å². The highest BCUT2D eigenvalue weighted by atomic mass is 32.1. The zero-order chi connectivity index (χ0) is 8.99. The number of hydrogen-bond donors (Lipinski definition) is 4. The summed E-state index contributed by atoms with van der Waals surface area (Å²) in [4.78, 5) is 0. The molecule has 0 bridgehead atoms. The molecule has 56 valence electrons. The average Bonchev–Trinajstić information content (AvgIpc) is 1.65. The van der Waals surface area contributed by atoms with Crippen LogP contribution in [0.3, 0.4) is 0 Å². The molecule has 0 atom stereocenters. The third-order valence-corrected chi connectivity index (χ3v) is 0. The van der Waals surface area contributed by atoms with Gasteiger partial charge >= 0.3 is 0 Å². The van der Waals surface area contributed by atoms with E-state index < -0.39 is 0 Å². The third kappa shape index (κ3) is 106. The van der Waals surface area contributed by atoms with Gasteiger partial charge in [-0.3, -0.25) is 5.41 Å². The van der Waals surface area contributed by atoms with Crippen molar-refractivity contribution in [2.75, 3.05) is 0 Å². The van der Waals surface area contributed by atoms with E-state index in [-0.39, 0.29) is 5.96 Å². The molecule has 5 N–H and O–H groups in total. The maximum atomic E-state index is 7.32. The predicted molar refractivity (Wildman–Crippen MR) is 42.0 cm³/mol. The molecule has 0 saturated heterocycles. The maximum absolute atomic E-state index is 7.32. The van der Waals surface area contributed by atoms with Gasteiger partial charge in [-0.15, -0.1) is 0 Å². The minimum atomic E-state index is -0.333. The minimum Gasteiger partial charge on any atom is -0.370 e. The van der Waals surface area contributed by atoms with Gasteiger partial charge in [0, 0.05) is 6.92 Å². The van der Waals surface area contributed by atoms with Crippen molar-refractivity contribution in [1.82, 2.24) is 0 Å². The van der Waals surface area contributed by atoms with Crippen LogP contribution in [0.15, 0.2) is 0 Å². The predicted octanol–water partition coefficient (Wildman–Crippen LogP) is -0.234. The summed E-state index contributed by atoms with van der Waals surface area (Å²) in [6.07, 6.45) is 0. The smallest absolute Gasteiger partial charge is 0.183 e. The molecule has 0 aliphatic carbocycles. The van der Waals surface area contributed by atoms with Gasteiger partial charge < -0.3 is 11.5 Å². The number of nitrogens with two attached hydrogens (primary N) is 2. The van der Waals surface area contributed by atoms with Gasteiger partial charge in [-0.1, -0.05) is 12.6 Å². The van der Waals surface area contributed by atoms with Crippen molar-refractivity contribution in [3.8, 4) is 11.5 Å². The van der Waals surface area contributed by atoms with Crippen molar-refractivity contribution in [1.29, 1.82) is 15.9 Å². The molecule has 0 aromatic heterocycles. The fraction of sp³-hybridized carbons (Fsp3) is 0.250. The number of nitrogens with one attached hydrogen (secondary N) is 1. The molecule has 0 amide bonds. The summed E-state index contributed by atoms with van der Waals surface area (Å²) in [5.74, 6) is -0.333. The van der Waals surface area contributed by atoms with Crippen LogP contribution in [0.5, 0.6) is 0 Å². The molecule has 0 saturated carbocycles. The number of thiocyanates is 1. The van der Waals surface area contributed by atoms with Crippen LogP contribution in [0.1, 0.15) is 6.92 Å². The van der Waals surface area contributed by atoms with Crippen LogP contribution in [-0.4, -0.2) is 5.96 Å². The second-order valence-corrected chi connectivity index (χ2v) is 0.979. The summed E-state index contributed by atoms with van der Waals surface area (Å²) in [5.41, 5.74) is 8.94. The molecular formula is C4H9N5S. The monoisotopic (exact) mass is 159 g/mol. The number of rotatable bonds is 0. The lowest BCUT2D eigenvalue weighted by Crippen LogP contribution is -2.20. The first kappa shape index (κ1) is 15.8. The van der Waals surface area contributed by atoms with Crippen molar-refractivity contribution in [3.05, 3.63) is 0 Å². The highest BCUT2D eigenvalue weighted by Gasteiger charge is 1.52. The first-order chi connectivity index (χ1) is 4.56. The van der Waals surface area contributed by atoms with Gasteiger partial charge in [-0.05, 0) is 0 Å². The Balaban J connectivity index is -0.0000000750. The summed E-state index contributed by atoms with van der Waals surface area (Å²) in [7, 11) is 0. The van der Waals surface area contributed by atoms with Gasteiger partial charge in [-0.25, -0.2) is 0 Å². The molecule has 0 spiro atoms. The van der Waals surface area contributed by atoms with E-state index in [1.807, 2.05) is 0 Å². The molecule has 6 heteroatoms. The van der Waals surface area contributed by atoms with Gasteiger partial charge in [0.05, 0.1) is 6.07 Å². The quantitative estimate of drug-likeness (QED) is 0.168. The van der Waals surface area contributed by atoms with Crippen molar-refractivity contribution < 1.29 is 0 Å². The van der Waals surface area contributed by atoms with E-state index in [2.05, 4.69) is 24.1 Å². The Morgan fingerprint density at radius 1 is 1.50 bits per heavy atom. The number of thiol groups is 1. The third-order valence-electron chi connectivity index (χ3n) is 0. The molecule has 0 radical (unpaired) electrons. The highest BCUT2D eigenvalue weighted by Crippen LogP contribution is 1.46. The van der Waals surface area contributed by atoms with Gasteiger partial charge in [-0.2, -0.15) is 10.5 Å². The van der Waals surface area contributed by atoms with Crippen LogP contribution in [0.4, 0.5) is 0 Å². The second-order valence-electron chi connectivity index (χ2n) is 0.779. The molecule has 0 aliphatic heterocycles. The standard InChI is InChI=1S/C2H3N.CH5N3.CHNS/c1-2-3;2-1(3)4;2-1-3/h1H3;(H5,2,3,4);3H. The van der Waals surface area contributed by atoms with E-state index >= 15 is 0 Å². The van der Waals surface area contributed by atoms with Gasteiger partial charge in [0.15, 0.2) is 5.96 Å². The van der Waals surface area contributed by atoms with E-state index in [0.717, 1.165) is 0 Å². The Morgan fingerprint density at radius 3 is 1.50 bits per heavy atom. The van der Waals surface area contributed by atoms with Crippen molar-refractivity contribution in [3.63, 3.8) is 0 Å². The topological polar surface area (TPSA) is 123 Å². The molecule has 0 aliphatic rings. The number of hydrogen-bond acceptors (Lipinski definition) is 4. The largest absolute Gasteiger partial charge is 0.370 e. The lowest BCUT2D eigenvalue weighted by molar-refractivity contribution is 1.39. The van der Waals surface area contributed by atoms with E-state index in [4.69, 9.17) is 15.9 Å². The highest BCUT2D eigenvalue weighted by molar-refractivity contribution is 7.85. The fourth-order valence-corrected chi connectivity index (χ4v) is 0. The summed E-state index contributed by atoms with van der Waals surface area (Å²) in [6.45, 7) is 1.43. The van der Waals surface area contributed by atoms with Crippen LogP contribution < -0.4 is 11.5 Å². The molecule has 10 heavy (non-hydrogen) atoms. The van der Waals surface area contributed by atoms with E-state index in [9.17, 15) is 0 Å². The Kier molecular flexibility index (Phi) is 40.5. The fourth-order valence-electron chi connectivity index (χ4n) is 0. The molecule has 0 aromatic rings. The Hall–Kier alpha value is -1.40. The van der Waals surface area contributed by atoms with Crippen LogP contribution in [-0.2, 0) is 0 Å². The van der Waals surface area contributed by atoms with Crippen LogP contribution >= 0.6 is 12.6 Å². The zero-order valence-corrected chi connectivity index (χ0v) is 6.39. The first-order valence-corrected chi connectivity index (χ1v) is 2.45. The number of nitrogens with zero attached hydrogens (tertiary/aromatic N) is 2. The molecule has 0 unspecified atom stereocenters. The van der Waals surface area contributed by atoms with Crippen molar-refractivity contribution >= 4 is 18.6 Å². The molecule has 0 rings (SSSR count). The normalized spacial score (nSPS) is 4.00. The van der Waals surface area contributed by atoms with Gasteiger partial charge in [0.25, 0.3) is 0 Å². The first-order valence-electron chi connectivity index (χ1n) is 2.00. The minimum absolute atomic E-state index is 0.333. The number of nitriles is 2. The summed E-state index contributed by atoms with van der Waals surface area (Å²) >= 11 is 3.09. The molecule has 0 aromatic carbocycles. The number of guanidine groups is 1. The van der Waals surface area contributed by atoms with Crippen LogP contribution in [0.25, 0.3) is 0 Å².